The number of rotatable bonds is 30. The van der Waals surface area contributed by atoms with Gasteiger partial charge in [-0.25, -0.2) is 24.4 Å². The second-order valence-corrected chi connectivity index (χ2v) is 14.5. The largest absolute Gasteiger partial charge is 0.491 e. The molecular formula is C39H61ClN12O12. The van der Waals surface area contributed by atoms with Crippen molar-refractivity contribution in [2.45, 2.75) is 58.5 Å². The fraction of sp³-hybridized carbons (Fsp3) is 0.615. The average molecular weight is 925 g/mol. The molecule has 1 heterocycles. The molecule has 2 rings (SSSR count). The number of carbonyl (C=O) groups excluding carboxylic acids is 4. The smallest absolute Gasteiger partial charge is 0.414 e. The summed E-state index contributed by atoms with van der Waals surface area (Å²) in [6.45, 7) is 9.45. The Balaban J connectivity index is 1.49. The molecule has 0 aliphatic carbocycles. The number of nitrogens with one attached hydrogen (secondary N) is 4. The van der Waals surface area contributed by atoms with Gasteiger partial charge < -0.3 is 60.0 Å². The van der Waals surface area contributed by atoms with E-state index in [4.69, 9.17) is 66.5 Å². The molecule has 1 aromatic carbocycles. The molecule has 1 aromatic heterocycles. The number of hydrogen-bond donors (Lipinski definition) is 6. The maximum absolute atomic E-state index is 12.9. The molecule has 0 bridgehead atoms. The number of halogens is 1. The summed E-state index contributed by atoms with van der Waals surface area (Å²) in [5.74, 6) is -0.668. The summed E-state index contributed by atoms with van der Waals surface area (Å²) < 4.78 is 42.5. The minimum Gasteiger partial charge on any atom is -0.491 e. The number of aryl methyl sites for hydroxylation is 1. The maximum atomic E-state index is 12.9. The number of aliphatic imine (C=N–C) groups is 1. The summed E-state index contributed by atoms with van der Waals surface area (Å²) >= 11 is 5.91. The van der Waals surface area contributed by atoms with Crippen LogP contribution >= 0.6 is 11.6 Å². The minimum absolute atomic E-state index is 0.0751. The second kappa shape index (κ2) is 32.7. The van der Waals surface area contributed by atoms with Crippen LogP contribution in [0.1, 0.15) is 62.5 Å². The Labute approximate surface area is 376 Å². The van der Waals surface area contributed by atoms with Crippen LogP contribution in [0.25, 0.3) is 10.4 Å². The summed E-state index contributed by atoms with van der Waals surface area (Å²) in [5.41, 5.74) is 19.5. The zero-order chi connectivity index (χ0) is 46.8. The lowest BCUT2D eigenvalue weighted by Gasteiger charge is -2.20. The zero-order valence-electron chi connectivity index (χ0n) is 36.6. The highest BCUT2D eigenvalue weighted by molar-refractivity contribution is 6.31. The first-order chi connectivity index (χ1) is 30.8. The summed E-state index contributed by atoms with van der Waals surface area (Å²) in [6, 6.07) is 7.62. The van der Waals surface area contributed by atoms with Crippen LogP contribution in [0.5, 0.6) is 5.75 Å². The summed E-state index contributed by atoms with van der Waals surface area (Å²) in [4.78, 5) is 63.6. The number of amides is 4. The SMILES string of the molecule is CC(C)(C)OC(=O)NC(=NCCCCc1ccc(OCCOCCOC(=O)NCCCCNC(=O)OCCOCCOCCOCCN=[N+]=[N-])cc1)NC(=O)c1nc(Cl)c(N)nc1N. The summed E-state index contributed by atoms with van der Waals surface area (Å²) in [5, 5.41) is 13.3. The van der Waals surface area contributed by atoms with Crippen LogP contribution in [0.4, 0.5) is 26.0 Å². The lowest BCUT2D eigenvalue weighted by atomic mass is 10.1. The quantitative estimate of drug-likeness (QED) is 0.0123. The normalized spacial score (nSPS) is 11.2. The molecule has 8 N–H and O–H groups in total. The van der Waals surface area contributed by atoms with E-state index in [2.05, 4.69) is 46.3 Å². The Morgan fingerprint density at radius 2 is 1.27 bits per heavy atom. The minimum atomic E-state index is -0.817. The van der Waals surface area contributed by atoms with Crippen molar-refractivity contribution in [3.63, 3.8) is 0 Å². The third-order valence-electron chi connectivity index (χ3n) is 7.74. The monoisotopic (exact) mass is 924 g/mol. The first-order valence-electron chi connectivity index (χ1n) is 20.6. The standard InChI is InChI=1S/C39H61ClN12O12/c1-39(2,3)64-38(56)51-35(50-34(53)30-32(41)49-33(42)31(40)48-30)44-13-5-4-8-28-9-11-29(12-10-28)61-25-22-60-24-27-63-37(55)46-15-7-6-14-45-36(54)62-26-23-59-21-20-58-19-18-57-17-16-47-52-43/h9-12H,4-8,13-27H2,1-3H3,(H,45,54)(H,46,55)(H4,41,42,49)(H2,44,50,51,53,56). The number of aromatic nitrogens is 2. The van der Waals surface area contributed by atoms with Gasteiger partial charge in [-0.1, -0.05) is 28.8 Å². The topological polar surface area (TPSA) is 329 Å². The van der Waals surface area contributed by atoms with Gasteiger partial charge in [0.1, 0.15) is 31.2 Å². The van der Waals surface area contributed by atoms with Crippen molar-refractivity contribution in [1.29, 1.82) is 0 Å². The maximum Gasteiger partial charge on any atom is 0.414 e. The van der Waals surface area contributed by atoms with E-state index < -0.39 is 29.8 Å². The zero-order valence-corrected chi connectivity index (χ0v) is 37.3. The number of benzene rings is 1. The summed E-state index contributed by atoms with van der Waals surface area (Å²) in [6.07, 6.45) is 1.45. The highest BCUT2D eigenvalue weighted by atomic mass is 35.5. The molecule has 4 amide bonds. The Hall–Kier alpha value is -5.91. The van der Waals surface area contributed by atoms with Crippen LogP contribution in [0.3, 0.4) is 0 Å². The van der Waals surface area contributed by atoms with E-state index in [0.717, 1.165) is 18.4 Å². The van der Waals surface area contributed by atoms with Crippen molar-refractivity contribution < 1.29 is 57.1 Å². The highest BCUT2D eigenvalue weighted by Crippen LogP contribution is 2.17. The van der Waals surface area contributed by atoms with Crippen molar-refractivity contribution in [2.24, 2.45) is 10.1 Å². The first kappa shape index (κ1) is 54.2. The number of nitrogens with two attached hydrogens (primary N) is 2. The number of ether oxygens (including phenoxy) is 8. The number of anilines is 2. The molecule has 25 heteroatoms. The van der Waals surface area contributed by atoms with Gasteiger partial charge in [-0.05, 0) is 76.1 Å². The Bertz CT molecular complexity index is 1780. The van der Waals surface area contributed by atoms with Crippen LogP contribution in [0.15, 0.2) is 34.4 Å². The molecule has 0 atom stereocenters. The van der Waals surface area contributed by atoms with Crippen LogP contribution in [0.2, 0.25) is 5.15 Å². The lowest BCUT2D eigenvalue weighted by Crippen LogP contribution is -2.46. The van der Waals surface area contributed by atoms with E-state index in [1.54, 1.807) is 20.8 Å². The van der Waals surface area contributed by atoms with Crippen LogP contribution in [0, 0.1) is 0 Å². The Kier molecular flexibility index (Phi) is 27.7. The molecule has 0 unspecified atom stereocenters. The number of unbranched alkanes of at least 4 members (excludes halogenated alkanes) is 2. The molecule has 0 radical (unpaired) electrons. The van der Waals surface area contributed by atoms with E-state index in [0.29, 0.717) is 84.3 Å². The third kappa shape index (κ3) is 27.2. The highest BCUT2D eigenvalue weighted by Gasteiger charge is 2.21. The molecule has 0 spiro atoms. The second-order valence-electron chi connectivity index (χ2n) is 14.1. The van der Waals surface area contributed by atoms with Gasteiger partial charge in [0.25, 0.3) is 5.91 Å². The fourth-order valence-corrected chi connectivity index (χ4v) is 4.93. The Morgan fingerprint density at radius 1 is 0.703 bits per heavy atom. The summed E-state index contributed by atoms with van der Waals surface area (Å²) in [7, 11) is 0. The van der Waals surface area contributed by atoms with E-state index in [1.807, 2.05) is 24.3 Å². The van der Waals surface area contributed by atoms with Gasteiger partial charge in [-0.2, -0.15) is 0 Å². The molecular weight excluding hydrogens is 864 g/mol. The molecule has 24 nitrogen and oxygen atoms in total. The van der Waals surface area contributed by atoms with E-state index in [-0.39, 0.29) is 68.0 Å². The number of azide groups is 1. The van der Waals surface area contributed by atoms with Crippen LogP contribution in [-0.2, 0) is 39.6 Å². The Morgan fingerprint density at radius 3 is 1.84 bits per heavy atom. The van der Waals surface area contributed by atoms with Crippen molar-refractivity contribution >= 4 is 53.4 Å². The van der Waals surface area contributed by atoms with Gasteiger partial charge in [0, 0.05) is 31.1 Å². The number of hydrogen-bond acceptors (Lipinski definition) is 18. The molecule has 0 saturated carbocycles. The van der Waals surface area contributed by atoms with Crippen LogP contribution in [-0.4, -0.2) is 145 Å². The predicted molar refractivity (Wildman–Crippen MR) is 235 cm³/mol. The molecule has 356 valence electrons. The fourth-order valence-electron chi connectivity index (χ4n) is 4.80. The number of nitrogens with zero attached hydrogens (tertiary/aromatic N) is 6. The van der Waals surface area contributed by atoms with Gasteiger partial charge in [0.05, 0.1) is 52.9 Å². The van der Waals surface area contributed by atoms with E-state index in [9.17, 15) is 19.2 Å². The number of nitrogen functional groups attached to an aromatic ring is 2. The first-order valence-corrected chi connectivity index (χ1v) is 20.9. The molecule has 0 fully saturated rings. The molecule has 0 aliphatic heterocycles. The molecule has 2 aromatic rings. The van der Waals surface area contributed by atoms with E-state index in [1.165, 1.54) is 0 Å². The van der Waals surface area contributed by atoms with Gasteiger partial charge >= 0.3 is 18.3 Å². The molecule has 0 aliphatic rings. The number of carbonyl (C=O) groups is 4. The van der Waals surface area contributed by atoms with Gasteiger partial charge in [0.2, 0.25) is 5.96 Å². The van der Waals surface area contributed by atoms with E-state index >= 15 is 0 Å². The van der Waals surface area contributed by atoms with Crippen molar-refractivity contribution in [1.82, 2.24) is 31.2 Å². The van der Waals surface area contributed by atoms with Gasteiger partial charge in [-0.15, -0.1) is 0 Å². The number of alkyl carbamates (subject to hydrolysis) is 3. The average Bonchev–Trinajstić information content (AvgIpc) is 3.24. The predicted octanol–water partition coefficient (Wildman–Crippen LogP) is 3.92. The third-order valence-corrected chi connectivity index (χ3v) is 8.02. The van der Waals surface area contributed by atoms with Gasteiger partial charge in [0.15, 0.2) is 22.5 Å². The molecule has 0 saturated heterocycles. The van der Waals surface area contributed by atoms with Gasteiger partial charge in [-0.3, -0.25) is 20.4 Å². The van der Waals surface area contributed by atoms with Crippen LogP contribution < -0.4 is 37.5 Å². The lowest BCUT2D eigenvalue weighted by molar-refractivity contribution is 0.00678. The number of guanidine groups is 1. The van der Waals surface area contributed by atoms with Crippen molar-refractivity contribution in [3.8, 4) is 5.75 Å². The molecule has 64 heavy (non-hydrogen) atoms. The van der Waals surface area contributed by atoms with Crippen molar-refractivity contribution in [2.75, 3.05) is 110 Å². The van der Waals surface area contributed by atoms with Crippen molar-refractivity contribution in [3.05, 3.63) is 51.1 Å².